The molecule has 0 fully saturated rings. The summed E-state index contributed by atoms with van der Waals surface area (Å²) in [5, 5.41) is 2.56. The van der Waals surface area contributed by atoms with Gasteiger partial charge in [-0.25, -0.2) is 9.59 Å². The van der Waals surface area contributed by atoms with E-state index in [9.17, 15) is 14.4 Å². The maximum absolute atomic E-state index is 13.0. The molecule has 0 radical (unpaired) electrons. The Morgan fingerprint density at radius 1 is 1.21 bits per heavy atom. The average Bonchev–Trinajstić information content (AvgIpc) is 2.74. The Bertz CT molecular complexity index is 952. The maximum atomic E-state index is 13.0. The first-order valence-electron chi connectivity index (χ1n) is 9.05. The van der Waals surface area contributed by atoms with Crippen LogP contribution in [-0.2, 0) is 14.3 Å². The Balaban J connectivity index is 2.07. The van der Waals surface area contributed by atoms with Crippen LogP contribution in [0, 0.1) is 0 Å². The number of hydrogen-bond donors (Lipinski definition) is 1. The number of amides is 1. The maximum Gasteiger partial charge on any atom is 0.350 e. The third-order valence-electron chi connectivity index (χ3n) is 4.74. The van der Waals surface area contributed by atoms with Crippen LogP contribution in [-0.4, -0.2) is 37.1 Å². The lowest BCUT2D eigenvalue weighted by Gasteiger charge is -2.39. The highest BCUT2D eigenvalue weighted by atomic mass is 16.6. The molecule has 1 aliphatic rings. The van der Waals surface area contributed by atoms with Crippen LogP contribution < -0.4 is 14.8 Å². The van der Waals surface area contributed by atoms with E-state index in [0.29, 0.717) is 17.1 Å². The van der Waals surface area contributed by atoms with Crippen LogP contribution in [0.2, 0.25) is 0 Å². The molecule has 2 atom stereocenters. The number of methoxy groups -OCH3 is 1. The molecule has 1 aliphatic heterocycles. The van der Waals surface area contributed by atoms with Crippen molar-refractivity contribution < 1.29 is 28.6 Å². The second-order valence-corrected chi connectivity index (χ2v) is 6.35. The molecule has 0 aromatic heterocycles. The molecule has 0 spiro atoms. The largest absolute Gasteiger partial charge is 0.497 e. The van der Waals surface area contributed by atoms with Crippen molar-refractivity contribution in [2.45, 2.75) is 18.4 Å². The minimum atomic E-state index is -2.09. The van der Waals surface area contributed by atoms with E-state index in [4.69, 9.17) is 14.2 Å². The molecule has 2 aromatic carbocycles. The SMILES string of the molecule is C=C[C@H]1c2ccccc2OC(=O)[C@@]1(NC(=O)c1ccc(OC)cc1)C(=O)OCC. The van der Waals surface area contributed by atoms with Gasteiger partial charge in [-0.1, -0.05) is 24.3 Å². The van der Waals surface area contributed by atoms with Gasteiger partial charge in [-0.05, 0) is 37.3 Å². The van der Waals surface area contributed by atoms with Gasteiger partial charge in [0.1, 0.15) is 11.5 Å². The number of ether oxygens (including phenoxy) is 3. The van der Waals surface area contributed by atoms with Crippen LogP contribution in [0.3, 0.4) is 0 Å². The van der Waals surface area contributed by atoms with Gasteiger partial charge >= 0.3 is 11.9 Å². The number of carbonyl (C=O) groups is 3. The molecule has 0 aliphatic carbocycles. The monoisotopic (exact) mass is 395 g/mol. The molecule has 150 valence electrons. The van der Waals surface area contributed by atoms with E-state index in [-0.39, 0.29) is 12.2 Å². The van der Waals surface area contributed by atoms with E-state index < -0.39 is 29.3 Å². The minimum Gasteiger partial charge on any atom is -0.497 e. The van der Waals surface area contributed by atoms with Crippen LogP contribution in [0.4, 0.5) is 0 Å². The average molecular weight is 395 g/mol. The lowest BCUT2D eigenvalue weighted by Crippen LogP contribution is -2.66. The lowest BCUT2D eigenvalue weighted by molar-refractivity contribution is -0.163. The number of esters is 2. The van der Waals surface area contributed by atoms with Crippen LogP contribution >= 0.6 is 0 Å². The van der Waals surface area contributed by atoms with Gasteiger partial charge in [0.2, 0.25) is 5.54 Å². The van der Waals surface area contributed by atoms with Crippen LogP contribution in [0.15, 0.2) is 61.2 Å². The zero-order valence-corrected chi connectivity index (χ0v) is 16.1. The molecule has 0 unspecified atom stereocenters. The van der Waals surface area contributed by atoms with Gasteiger partial charge in [0.15, 0.2) is 0 Å². The first-order valence-corrected chi connectivity index (χ1v) is 9.05. The number of fused-ring (bicyclic) bond motifs is 1. The summed E-state index contributed by atoms with van der Waals surface area (Å²) in [6.45, 7) is 5.41. The molecule has 0 bridgehead atoms. The lowest BCUT2D eigenvalue weighted by atomic mass is 9.76. The topological polar surface area (TPSA) is 90.9 Å². The zero-order valence-electron chi connectivity index (χ0n) is 16.1. The van der Waals surface area contributed by atoms with Gasteiger partial charge in [0.25, 0.3) is 5.91 Å². The Kier molecular flexibility index (Phi) is 5.68. The molecular formula is C22H21NO6. The highest BCUT2D eigenvalue weighted by molar-refractivity contribution is 6.13. The molecule has 0 saturated carbocycles. The fourth-order valence-corrected chi connectivity index (χ4v) is 3.30. The van der Waals surface area contributed by atoms with Crippen LogP contribution in [0.5, 0.6) is 11.5 Å². The fourth-order valence-electron chi connectivity index (χ4n) is 3.30. The normalized spacial score (nSPS) is 20.1. The summed E-state index contributed by atoms with van der Waals surface area (Å²) in [7, 11) is 1.51. The summed E-state index contributed by atoms with van der Waals surface area (Å²) in [5.41, 5.74) is -1.31. The van der Waals surface area contributed by atoms with E-state index in [1.165, 1.54) is 25.3 Å². The van der Waals surface area contributed by atoms with Gasteiger partial charge in [0, 0.05) is 11.1 Å². The number of benzene rings is 2. The van der Waals surface area contributed by atoms with E-state index >= 15 is 0 Å². The van der Waals surface area contributed by atoms with Crippen LogP contribution in [0.25, 0.3) is 0 Å². The standard InChI is InChI=1S/C22H21NO6/c1-4-17-16-8-6-7-9-18(16)29-21(26)22(17,20(25)28-5-2)23-19(24)14-10-12-15(27-3)13-11-14/h4,6-13,17H,1,5H2,2-3H3,(H,23,24)/t17-,22-/m0/s1. The summed E-state index contributed by atoms with van der Waals surface area (Å²) in [6.07, 6.45) is 1.43. The molecule has 1 amide bonds. The van der Waals surface area contributed by atoms with Gasteiger partial charge in [-0.2, -0.15) is 0 Å². The minimum absolute atomic E-state index is 0.0256. The van der Waals surface area contributed by atoms with E-state index in [2.05, 4.69) is 11.9 Å². The number of rotatable bonds is 6. The van der Waals surface area contributed by atoms with Gasteiger partial charge < -0.3 is 19.5 Å². The smallest absolute Gasteiger partial charge is 0.350 e. The molecular weight excluding hydrogens is 374 g/mol. The van der Waals surface area contributed by atoms with Crippen molar-refractivity contribution in [2.24, 2.45) is 0 Å². The second kappa shape index (κ2) is 8.18. The number of nitrogens with one attached hydrogen (secondary N) is 1. The van der Waals surface area contributed by atoms with Crippen molar-refractivity contribution in [2.75, 3.05) is 13.7 Å². The number of para-hydroxylation sites is 1. The molecule has 2 aromatic rings. The zero-order chi connectivity index (χ0) is 21.0. The van der Waals surface area contributed by atoms with Crippen molar-refractivity contribution in [3.05, 3.63) is 72.3 Å². The predicted molar refractivity (Wildman–Crippen MR) is 105 cm³/mol. The Labute approximate surface area is 168 Å². The van der Waals surface area contributed by atoms with Crippen molar-refractivity contribution in [1.29, 1.82) is 0 Å². The van der Waals surface area contributed by atoms with Crippen molar-refractivity contribution in [1.82, 2.24) is 5.32 Å². The molecule has 7 heteroatoms. The summed E-state index contributed by atoms with van der Waals surface area (Å²) in [5.74, 6) is -2.48. The molecule has 1 N–H and O–H groups in total. The highest BCUT2D eigenvalue weighted by Crippen LogP contribution is 2.41. The first kappa shape index (κ1) is 20.1. The summed E-state index contributed by atoms with van der Waals surface area (Å²) in [4.78, 5) is 38.9. The van der Waals surface area contributed by atoms with E-state index in [0.717, 1.165) is 0 Å². The second-order valence-electron chi connectivity index (χ2n) is 6.35. The molecule has 0 saturated heterocycles. The fraction of sp³-hybridized carbons (Fsp3) is 0.227. The van der Waals surface area contributed by atoms with Gasteiger partial charge in [0.05, 0.1) is 19.6 Å². The summed E-state index contributed by atoms with van der Waals surface area (Å²) >= 11 is 0. The van der Waals surface area contributed by atoms with Crippen molar-refractivity contribution in [3.8, 4) is 11.5 Å². The summed E-state index contributed by atoms with van der Waals surface area (Å²) in [6, 6.07) is 13.0. The quantitative estimate of drug-likeness (QED) is 0.350. The van der Waals surface area contributed by atoms with Crippen molar-refractivity contribution >= 4 is 17.8 Å². The van der Waals surface area contributed by atoms with E-state index in [1.807, 2.05) is 0 Å². The Morgan fingerprint density at radius 2 is 1.90 bits per heavy atom. The Morgan fingerprint density at radius 3 is 2.52 bits per heavy atom. The summed E-state index contributed by atoms with van der Waals surface area (Å²) < 4.78 is 15.6. The van der Waals surface area contributed by atoms with Gasteiger partial charge in [-0.15, -0.1) is 6.58 Å². The number of hydrogen-bond acceptors (Lipinski definition) is 6. The number of carbonyl (C=O) groups excluding carboxylic acids is 3. The highest BCUT2D eigenvalue weighted by Gasteiger charge is 2.59. The van der Waals surface area contributed by atoms with Crippen molar-refractivity contribution in [3.63, 3.8) is 0 Å². The molecule has 1 heterocycles. The van der Waals surface area contributed by atoms with E-state index in [1.54, 1.807) is 43.3 Å². The van der Waals surface area contributed by atoms with Gasteiger partial charge in [-0.3, -0.25) is 4.79 Å². The first-order chi connectivity index (χ1) is 14.0. The third-order valence-corrected chi connectivity index (χ3v) is 4.74. The molecule has 3 rings (SSSR count). The Hall–Kier alpha value is -3.61. The predicted octanol–water partition coefficient (Wildman–Crippen LogP) is 2.62. The molecule has 7 nitrogen and oxygen atoms in total. The van der Waals surface area contributed by atoms with Crippen LogP contribution in [0.1, 0.15) is 28.8 Å². The molecule has 29 heavy (non-hydrogen) atoms. The third kappa shape index (κ3) is 3.47.